The summed E-state index contributed by atoms with van der Waals surface area (Å²) in [5.74, 6) is 0.701. The van der Waals surface area contributed by atoms with Gasteiger partial charge in [0.2, 0.25) is 5.91 Å². The minimum Gasteiger partial charge on any atom is -0.376 e. The zero-order chi connectivity index (χ0) is 13.5. The highest BCUT2D eigenvalue weighted by Crippen LogP contribution is 2.13. The molecule has 19 heavy (non-hydrogen) atoms. The lowest BCUT2D eigenvalue weighted by atomic mass is 10.1. The number of carbonyl (C=O) groups excluding carboxylic acids is 1. The lowest BCUT2D eigenvalue weighted by molar-refractivity contribution is -0.133. The van der Waals surface area contributed by atoms with Crippen LogP contribution in [-0.4, -0.2) is 51.0 Å². The molecule has 2 N–H and O–H groups in total. The molecule has 3 unspecified atom stereocenters. The molecular weight excluding hydrogens is 244 g/mol. The lowest BCUT2D eigenvalue weighted by Gasteiger charge is -2.16. The molecule has 1 amide bonds. The van der Waals surface area contributed by atoms with Crippen molar-refractivity contribution in [3.63, 3.8) is 0 Å². The van der Waals surface area contributed by atoms with Gasteiger partial charge in [0.25, 0.3) is 0 Å². The smallest absolute Gasteiger partial charge is 0.248 e. The summed E-state index contributed by atoms with van der Waals surface area (Å²) in [7, 11) is 0. The van der Waals surface area contributed by atoms with Crippen molar-refractivity contribution < 1.29 is 14.3 Å². The zero-order valence-electron chi connectivity index (χ0n) is 11.8. The van der Waals surface area contributed by atoms with Gasteiger partial charge in [-0.25, -0.2) is 0 Å². The molecular formula is C14H26N2O3. The molecule has 2 aliphatic rings. The minimum atomic E-state index is -0.383. The van der Waals surface area contributed by atoms with E-state index in [2.05, 4.69) is 10.6 Å². The second-order valence-corrected chi connectivity index (χ2v) is 5.55. The Labute approximate surface area is 115 Å². The highest BCUT2D eigenvalue weighted by Gasteiger charge is 2.20. The van der Waals surface area contributed by atoms with Gasteiger partial charge in [-0.1, -0.05) is 0 Å². The topological polar surface area (TPSA) is 59.6 Å². The number of hydrogen-bond acceptors (Lipinski definition) is 4. The Kier molecular flexibility index (Phi) is 6.07. The normalized spacial score (nSPS) is 28.5. The molecule has 0 aromatic carbocycles. The van der Waals surface area contributed by atoms with Crippen LogP contribution in [0.25, 0.3) is 0 Å². The van der Waals surface area contributed by atoms with Gasteiger partial charge in [0.1, 0.15) is 6.10 Å². The molecule has 0 spiro atoms. The van der Waals surface area contributed by atoms with E-state index in [0.717, 1.165) is 45.5 Å². The Balaban J connectivity index is 1.53. The van der Waals surface area contributed by atoms with Gasteiger partial charge in [-0.2, -0.15) is 0 Å². The fourth-order valence-electron chi connectivity index (χ4n) is 2.61. The van der Waals surface area contributed by atoms with Crippen LogP contribution in [0.15, 0.2) is 0 Å². The van der Waals surface area contributed by atoms with Crippen LogP contribution in [0.1, 0.15) is 32.6 Å². The van der Waals surface area contributed by atoms with Gasteiger partial charge in [0.05, 0.1) is 12.7 Å². The fraction of sp³-hybridized carbons (Fsp3) is 0.929. The average molecular weight is 270 g/mol. The number of nitrogens with one attached hydrogen (secondary N) is 2. The van der Waals surface area contributed by atoms with Gasteiger partial charge in [-0.15, -0.1) is 0 Å². The molecule has 0 radical (unpaired) electrons. The van der Waals surface area contributed by atoms with Crippen molar-refractivity contribution in [3.05, 3.63) is 0 Å². The highest BCUT2D eigenvalue weighted by molar-refractivity contribution is 5.80. The second-order valence-electron chi connectivity index (χ2n) is 5.55. The number of rotatable bonds is 7. The summed E-state index contributed by atoms with van der Waals surface area (Å²) in [5.41, 5.74) is 0. The van der Waals surface area contributed by atoms with E-state index in [0.29, 0.717) is 12.5 Å². The van der Waals surface area contributed by atoms with Gasteiger partial charge in [0.15, 0.2) is 0 Å². The Morgan fingerprint density at radius 2 is 2.42 bits per heavy atom. The molecule has 110 valence electrons. The first kappa shape index (κ1) is 14.8. The van der Waals surface area contributed by atoms with Crippen LogP contribution in [0, 0.1) is 5.92 Å². The van der Waals surface area contributed by atoms with E-state index in [9.17, 15) is 4.79 Å². The number of ether oxygens (including phenoxy) is 2. The summed E-state index contributed by atoms with van der Waals surface area (Å²) in [6.07, 6.45) is 4.22. The maximum absolute atomic E-state index is 11.8. The zero-order valence-corrected chi connectivity index (χ0v) is 11.8. The number of amides is 1. The van der Waals surface area contributed by atoms with E-state index < -0.39 is 0 Å². The fourth-order valence-corrected chi connectivity index (χ4v) is 2.61. The van der Waals surface area contributed by atoms with E-state index in [-0.39, 0.29) is 18.1 Å². The van der Waals surface area contributed by atoms with Crippen molar-refractivity contribution in [2.45, 2.75) is 44.8 Å². The van der Waals surface area contributed by atoms with Crippen LogP contribution in [0.5, 0.6) is 0 Å². The molecule has 2 heterocycles. The Morgan fingerprint density at radius 1 is 1.53 bits per heavy atom. The maximum Gasteiger partial charge on any atom is 0.248 e. The molecule has 0 aromatic heterocycles. The van der Waals surface area contributed by atoms with Gasteiger partial charge >= 0.3 is 0 Å². The molecule has 0 saturated carbocycles. The van der Waals surface area contributed by atoms with Crippen LogP contribution in [0.2, 0.25) is 0 Å². The largest absolute Gasteiger partial charge is 0.376 e. The van der Waals surface area contributed by atoms with Crippen molar-refractivity contribution in [3.8, 4) is 0 Å². The Morgan fingerprint density at radius 3 is 3.11 bits per heavy atom. The summed E-state index contributed by atoms with van der Waals surface area (Å²) >= 11 is 0. The van der Waals surface area contributed by atoms with E-state index in [1.54, 1.807) is 6.92 Å². The Bertz CT molecular complexity index is 274. The summed E-state index contributed by atoms with van der Waals surface area (Å²) in [6.45, 7) is 6.10. The van der Waals surface area contributed by atoms with Crippen LogP contribution in [0.4, 0.5) is 0 Å². The predicted octanol–water partition coefficient (Wildman–Crippen LogP) is 0.686. The first-order chi connectivity index (χ1) is 9.25. The molecule has 0 aliphatic carbocycles. The first-order valence-electron chi connectivity index (χ1n) is 7.47. The van der Waals surface area contributed by atoms with E-state index >= 15 is 0 Å². The van der Waals surface area contributed by atoms with Crippen LogP contribution >= 0.6 is 0 Å². The van der Waals surface area contributed by atoms with E-state index in [1.807, 2.05) is 0 Å². The molecule has 3 atom stereocenters. The standard InChI is InChI=1S/C14H26N2O3/c1-11(19-10-13-3-2-8-18-13)14(17)16-7-5-12-4-6-15-9-12/h11-13,15H,2-10H2,1H3,(H,16,17). The third-order valence-electron chi connectivity index (χ3n) is 3.94. The van der Waals surface area contributed by atoms with Gasteiger partial charge in [-0.05, 0) is 51.6 Å². The molecule has 2 fully saturated rings. The monoisotopic (exact) mass is 270 g/mol. The molecule has 5 heteroatoms. The van der Waals surface area contributed by atoms with Crippen molar-refractivity contribution in [1.82, 2.24) is 10.6 Å². The minimum absolute atomic E-state index is 0.0102. The second kappa shape index (κ2) is 7.82. The SMILES string of the molecule is CC(OCC1CCCO1)C(=O)NCCC1CCNC1. The van der Waals surface area contributed by atoms with Crippen molar-refractivity contribution in [1.29, 1.82) is 0 Å². The third kappa shape index (κ3) is 5.09. The van der Waals surface area contributed by atoms with Crippen molar-refractivity contribution in [2.24, 2.45) is 5.92 Å². The molecule has 2 rings (SSSR count). The summed E-state index contributed by atoms with van der Waals surface area (Å²) < 4.78 is 11.0. The molecule has 5 nitrogen and oxygen atoms in total. The van der Waals surface area contributed by atoms with Crippen molar-refractivity contribution in [2.75, 3.05) is 32.8 Å². The summed E-state index contributed by atoms with van der Waals surface area (Å²) in [5, 5.41) is 6.29. The van der Waals surface area contributed by atoms with Crippen LogP contribution in [0.3, 0.4) is 0 Å². The first-order valence-corrected chi connectivity index (χ1v) is 7.47. The lowest BCUT2D eigenvalue weighted by Crippen LogP contribution is -2.37. The van der Waals surface area contributed by atoms with Crippen LogP contribution in [-0.2, 0) is 14.3 Å². The number of hydrogen-bond donors (Lipinski definition) is 2. The average Bonchev–Trinajstić information content (AvgIpc) is 3.08. The maximum atomic E-state index is 11.8. The third-order valence-corrected chi connectivity index (χ3v) is 3.94. The highest BCUT2D eigenvalue weighted by atomic mass is 16.5. The van der Waals surface area contributed by atoms with E-state index in [1.165, 1.54) is 6.42 Å². The van der Waals surface area contributed by atoms with Gasteiger partial charge in [-0.3, -0.25) is 4.79 Å². The summed E-state index contributed by atoms with van der Waals surface area (Å²) in [6, 6.07) is 0. The van der Waals surface area contributed by atoms with Gasteiger partial charge < -0.3 is 20.1 Å². The molecule has 2 saturated heterocycles. The molecule has 2 aliphatic heterocycles. The van der Waals surface area contributed by atoms with Crippen molar-refractivity contribution >= 4 is 5.91 Å². The molecule has 0 aromatic rings. The van der Waals surface area contributed by atoms with Crippen LogP contribution < -0.4 is 10.6 Å². The Hall–Kier alpha value is -0.650. The quantitative estimate of drug-likeness (QED) is 0.714. The van der Waals surface area contributed by atoms with Gasteiger partial charge in [0, 0.05) is 13.2 Å². The molecule has 0 bridgehead atoms. The summed E-state index contributed by atoms with van der Waals surface area (Å²) in [4.78, 5) is 11.8. The predicted molar refractivity (Wildman–Crippen MR) is 73.0 cm³/mol. The van der Waals surface area contributed by atoms with E-state index in [4.69, 9.17) is 9.47 Å². The number of carbonyl (C=O) groups is 1.